The average Bonchev–Trinajstić information content (AvgIpc) is 3.00. The number of ether oxygens (including phenoxy) is 2. The van der Waals surface area contributed by atoms with Crippen molar-refractivity contribution < 1.29 is 9.47 Å². The van der Waals surface area contributed by atoms with Crippen molar-refractivity contribution in [1.29, 1.82) is 0 Å². The van der Waals surface area contributed by atoms with Gasteiger partial charge >= 0.3 is 0 Å². The van der Waals surface area contributed by atoms with Crippen LogP contribution in [0.2, 0.25) is 0 Å². The van der Waals surface area contributed by atoms with Crippen LogP contribution < -0.4 is 9.47 Å². The summed E-state index contributed by atoms with van der Waals surface area (Å²) in [5, 5.41) is 0.923. The van der Waals surface area contributed by atoms with Gasteiger partial charge in [0.05, 0.1) is 25.5 Å². The molecule has 2 heterocycles. The minimum Gasteiger partial charge on any atom is -0.493 e. The Morgan fingerprint density at radius 3 is 2.86 bits per heavy atom. The highest BCUT2D eigenvalue weighted by atomic mass is 35.5. The molecular formula is C14H15ClN4O2. The van der Waals surface area contributed by atoms with E-state index < -0.39 is 0 Å². The van der Waals surface area contributed by atoms with Gasteiger partial charge in [-0.05, 0) is 6.07 Å². The first kappa shape index (κ1) is 15.1. The lowest BCUT2D eigenvalue weighted by molar-refractivity contribution is 0.280. The number of fused-ring (bicyclic) bond motifs is 1. The van der Waals surface area contributed by atoms with Gasteiger partial charge in [0.15, 0.2) is 11.5 Å². The Bertz CT molecular complexity index is 703. The van der Waals surface area contributed by atoms with Crippen molar-refractivity contribution in [3.05, 3.63) is 43.4 Å². The van der Waals surface area contributed by atoms with Gasteiger partial charge in [-0.1, -0.05) is 0 Å². The van der Waals surface area contributed by atoms with Crippen LogP contribution in [0.4, 0.5) is 0 Å². The Morgan fingerprint density at radius 2 is 2.10 bits per heavy atom. The number of imidazole rings is 1. The number of aromatic nitrogens is 4. The van der Waals surface area contributed by atoms with Crippen molar-refractivity contribution in [2.75, 3.05) is 13.7 Å². The van der Waals surface area contributed by atoms with Gasteiger partial charge < -0.3 is 14.0 Å². The monoisotopic (exact) mass is 306 g/mol. The van der Waals surface area contributed by atoms with Gasteiger partial charge in [-0.2, -0.15) is 0 Å². The van der Waals surface area contributed by atoms with Crippen LogP contribution >= 0.6 is 12.4 Å². The van der Waals surface area contributed by atoms with Crippen molar-refractivity contribution in [2.24, 2.45) is 0 Å². The first-order valence-corrected chi connectivity index (χ1v) is 6.23. The molecule has 0 aliphatic carbocycles. The van der Waals surface area contributed by atoms with Crippen LogP contribution in [0.1, 0.15) is 0 Å². The second-order valence-corrected chi connectivity index (χ2v) is 4.23. The summed E-state index contributed by atoms with van der Waals surface area (Å²) in [5.41, 5.74) is 0.832. The molecule has 21 heavy (non-hydrogen) atoms. The van der Waals surface area contributed by atoms with Crippen LogP contribution in [0.25, 0.3) is 10.9 Å². The Kier molecular flexibility index (Phi) is 4.94. The molecular weight excluding hydrogens is 292 g/mol. The Labute approximate surface area is 128 Å². The molecule has 0 unspecified atom stereocenters. The second kappa shape index (κ2) is 6.90. The molecule has 0 N–H and O–H groups in total. The van der Waals surface area contributed by atoms with E-state index in [9.17, 15) is 0 Å². The fourth-order valence-corrected chi connectivity index (χ4v) is 1.94. The standard InChI is InChI=1S/C14H14N4O2.ClH/c1-19-13-6-11-8-16-9-17-12(11)7-14(13)20-5-4-18-3-2-15-10-18;/h2-3,6-10H,4-5H2,1H3;1H. The summed E-state index contributed by atoms with van der Waals surface area (Å²) < 4.78 is 13.1. The molecule has 7 heteroatoms. The molecule has 6 nitrogen and oxygen atoms in total. The van der Waals surface area contributed by atoms with E-state index in [0.29, 0.717) is 18.1 Å². The first-order chi connectivity index (χ1) is 9.86. The molecule has 0 spiro atoms. The van der Waals surface area contributed by atoms with Crippen molar-refractivity contribution in [3.8, 4) is 11.5 Å². The smallest absolute Gasteiger partial charge is 0.163 e. The van der Waals surface area contributed by atoms with E-state index in [1.54, 1.807) is 25.8 Å². The highest BCUT2D eigenvalue weighted by molar-refractivity contribution is 5.85. The van der Waals surface area contributed by atoms with Crippen molar-refractivity contribution in [2.45, 2.75) is 6.54 Å². The predicted octanol–water partition coefficient (Wildman–Crippen LogP) is 2.34. The Morgan fingerprint density at radius 1 is 1.19 bits per heavy atom. The topological polar surface area (TPSA) is 62.1 Å². The molecule has 0 amide bonds. The fraction of sp³-hybridized carbons (Fsp3) is 0.214. The van der Waals surface area contributed by atoms with E-state index in [1.807, 2.05) is 22.9 Å². The van der Waals surface area contributed by atoms with Crippen LogP contribution in [0.15, 0.2) is 43.4 Å². The summed E-state index contributed by atoms with van der Waals surface area (Å²) in [6.07, 6.45) is 8.67. The summed E-state index contributed by atoms with van der Waals surface area (Å²) in [6, 6.07) is 3.74. The zero-order chi connectivity index (χ0) is 13.8. The molecule has 3 aromatic rings. The van der Waals surface area contributed by atoms with E-state index in [4.69, 9.17) is 9.47 Å². The van der Waals surface area contributed by atoms with Gasteiger partial charge in [-0.25, -0.2) is 15.0 Å². The minimum atomic E-state index is 0. The average molecular weight is 307 g/mol. The SMILES string of the molecule is COc1cc2cncnc2cc1OCCn1ccnc1.Cl. The van der Waals surface area contributed by atoms with Crippen molar-refractivity contribution >= 4 is 23.3 Å². The maximum absolute atomic E-state index is 5.78. The zero-order valence-corrected chi connectivity index (χ0v) is 12.3. The lowest BCUT2D eigenvalue weighted by Gasteiger charge is -2.11. The maximum Gasteiger partial charge on any atom is 0.163 e. The number of nitrogens with zero attached hydrogens (tertiary/aromatic N) is 4. The molecule has 0 aliphatic heterocycles. The van der Waals surface area contributed by atoms with Crippen LogP contribution in [0.5, 0.6) is 11.5 Å². The quantitative estimate of drug-likeness (QED) is 0.724. The number of hydrogen-bond acceptors (Lipinski definition) is 5. The lowest BCUT2D eigenvalue weighted by Crippen LogP contribution is -2.07. The maximum atomic E-state index is 5.78. The third kappa shape index (κ3) is 3.41. The third-order valence-electron chi connectivity index (χ3n) is 2.96. The minimum absolute atomic E-state index is 0. The number of methoxy groups -OCH3 is 1. The molecule has 110 valence electrons. The highest BCUT2D eigenvalue weighted by Gasteiger charge is 2.07. The van der Waals surface area contributed by atoms with Crippen LogP contribution in [0.3, 0.4) is 0 Å². The van der Waals surface area contributed by atoms with E-state index >= 15 is 0 Å². The summed E-state index contributed by atoms with van der Waals surface area (Å²) in [4.78, 5) is 12.2. The van der Waals surface area contributed by atoms with Gasteiger partial charge in [-0.3, -0.25) is 0 Å². The van der Waals surface area contributed by atoms with Crippen LogP contribution in [0, 0.1) is 0 Å². The molecule has 0 saturated carbocycles. The number of hydrogen-bond donors (Lipinski definition) is 0. The van der Waals surface area contributed by atoms with Gasteiger partial charge in [0, 0.05) is 30.0 Å². The molecule has 0 fully saturated rings. The molecule has 0 atom stereocenters. The highest BCUT2D eigenvalue weighted by Crippen LogP contribution is 2.31. The predicted molar refractivity (Wildman–Crippen MR) is 81.1 cm³/mol. The summed E-state index contributed by atoms with van der Waals surface area (Å²) in [7, 11) is 1.62. The van der Waals surface area contributed by atoms with E-state index in [1.165, 1.54) is 6.33 Å². The lowest BCUT2D eigenvalue weighted by atomic mass is 10.2. The molecule has 1 aromatic carbocycles. The molecule has 0 aliphatic rings. The van der Waals surface area contributed by atoms with Gasteiger partial charge in [0.2, 0.25) is 0 Å². The molecule has 0 bridgehead atoms. The molecule has 0 saturated heterocycles. The number of rotatable bonds is 5. The Balaban J connectivity index is 0.00000161. The molecule has 2 aromatic heterocycles. The van der Waals surface area contributed by atoms with Crippen LogP contribution in [-0.2, 0) is 6.54 Å². The van der Waals surface area contributed by atoms with Crippen molar-refractivity contribution in [3.63, 3.8) is 0 Å². The fourth-order valence-electron chi connectivity index (χ4n) is 1.94. The van der Waals surface area contributed by atoms with E-state index in [2.05, 4.69) is 15.0 Å². The van der Waals surface area contributed by atoms with E-state index in [0.717, 1.165) is 17.4 Å². The molecule has 3 rings (SSSR count). The first-order valence-electron chi connectivity index (χ1n) is 6.23. The van der Waals surface area contributed by atoms with E-state index in [-0.39, 0.29) is 12.4 Å². The van der Waals surface area contributed by atoms with Gasteiger partial charge in [0.25, 0.3) is 0 Å². The summed E-state index contributed by atoms with van der Waals surface area (Å²) >= 11 is 0. The van der Waals surface area contributed by atoms with Crippen LogP contribution in [-0.4, -0.2) is 33.2 Å². The second-order valence-electron chi connectivity index (χ2n) is 4.23. The third-order valence-corrected chi connectivity index (χ3v) is 2.96. The number of benzene rings is 1. The summed E-state index contributed by atoms with van der Waals surface area (Å²) in [6.45, 7) is 1.26. The van der Waals surface area contributed by atoms with Gasteiger partial charge in [0.1, 0.15) is 12.9 Å². The normalized spacial score (nSPS) is 10.1. The van der Waals surface area contributed by atoms with Gasteiger partial charge in [-0.15, -0.1) is 12.4 Å². The summed E-state index contributed by atoms with van der Waals surface area (Å²) in [5.74, 6) is 1.36. The zero-order valence-electron chi connectivity index (χ0n) is 11.5. The Hall–Kier alpha value is -2.34. The molecule has 0 radical (unpaired) electrons. The largest absolute Gasteiger partial charge is 0.493 e. The van der Waals surface area contributed by atoms with Crippen molar-refractivity contribution in [1.82, 2.24) is 19.5 Å². The number of halogens is 1.